The number of nitrogens with one attached hydrogen (secondary N) is 1. The van der Waals surface area contributed by atoms with Crippen LogP contribution in [0, 0.1) is 0 Å². The van der Waals surface area contributed by atoms with Crippen molar-refractivity contribution in [3.05, 3.63) is 95.9 Å². The van der Waals surface area contributed by atoms with Crippen LogP contribution in [0.3, 0.4) is 0 Å². The van der Waals surface area contributed by atoms with E-state index in [0.717, 1.165) is 27.7 Å². The van der Waals surface area contributed by atoms with Crippen molar-refractivity contribution < 1.29 is 0 Å². The van der Waals surface area contributed by atoms with Crippen LogP contribution in [0.5, 0.6) is 0 Å². The van der Waals surface area contributed by atoms with Crippen LogP contribution in [-0.2, 0) is 0 Å². The maximum Gasteiger partial charge on any atom is 0.203 e. The molecule has 0 saturated carbocycles. The van der Waals surface area contributed by atoms with E-state index in [1.54, 1.807) is 11.3 Å². The predicted molar refractivity (Wildman–Crippen MR) is 115 cm³/mol. The van der Waals surface area contributed by atoms with Gasteiger partial charge in [0, 0.05) is 10.9 Å². The highest BCUT2D eigenvalue weighted by atomic mass is 32.1. The average molecular weight is 369 g/mol. The van der Waals surface area contributed by atoms with Gasteiger partial charge < -0.3 is 0 Å². The number of thiazole rings is 1. The largest absolute Gasteiger partial charge is 0.252 e. The van der Waals surface area contributed by atoms with E-state index in [1.807, 2.05) is 36.6 Å². The van der Waals surface area contributed by atoms with E-state index in [-0.39, 0.29) is 0 Å². The molecule has 0 aliphatic heterocycles. The molecule has 1 aromatic heterocycles. The molecule has 4 rings (SSSR count). The fourth-order valence-corrected chi connectivity index (χ4v) is 3.46. The number of anilines is 1. The van der Waals surface area contributed by atoms with Gasteiger partial charge in [0.2, 0.25) is 5.13 Å². The maximum atomic E-state index is 4.60. The Kier molecular flexibility index (Phi) is 5.08. The molecule has 0 spiro atoms. The topological polar surface area (TPSA) is 37.3 Å². The lowest BCUT2D eigenvalue weighted by atomic mass is 10.0. The van der Waals surface area contributed by atoms with Gasteiger partial charge in [-0.2, -0.15) is 5.10 Å². The van der Waals surface area contributed by atoms with Gasteiger partial charge in [0.05, 0.1) is 11.4 Å². The molecule has 4 heteroatoms. The lowest BCUT2D eigenvalue weighted by molar-refractivity contribution is 1.27. The molecule has 0 aliphatic carbocycles. The zero-order valence-corrected chi connectivity index (χ0v) is 15.8. The second-order valence-electron chi connectivity index (χ2n) is 6.16. The van der Waals surface area contributed by atoms with E-state index in [2.05, 4.69) is 76.2 Å². The van der Waals surface area contributed by atoms with Crippen LogP contribution in [0.2, 0.25) is 0 Å². The van der Waals surface area contributed by atoms with Crippen LogP contribution in [0.25, 0.3) is 22.4 Å². The number of hydrazone groups is 1. The van der Waals surface area contributed by atoms with Gasteiger partial charge in [-0.05, 0) is 23.6 Å². The Bertz CT molecular complexity index is 1040. The third-order valence-electron chi connectivity index (χ3n) is 4.30. The van der Waals surface area contributed by atoms with Crippen molar-refractivity contribution in [3.8, 4) is 22.4 Å². The van der Waals surface area contributed by atoms with Gasteiger partial charge in [-0.15, -0.1) is 11.3 Å². The molecule has 3 nitrogen and oxygen atoms in total. The summed E-state index contributed by atoms with van der Waals surface area (Å²) in [6, 6.07) is 29.0. The summed E-state index contributed by atoms with van der Waals surface area (Å²) in [5.74, 6) is 0. The van der Waals surface area contributed by atoms with Crippen molar-refractivity contribution in [2.24, 2.45) is 5.10 Å². The van der Waals surface area contributed by atoms with Crippen LogP contribution in [0.4, 0.5) is 5.13 Å². The zero-order valence-electron chi connectivity index (χ0n) is 15.0. The van der Waals surface area contributed by atoms with Gasteiger partial charge in [-0.25, -0.2) is 4.98 Å². The molecule has 132 valence electrons. The Morgan fingerprint density at radius 2 is 1.37 bits per heavy atom. The summed E-state index contributed by atoms with van der Waals surface area (Å²) in [4.78, 5) is 4.60. The van der Waals surface area contributed by atoms with E-state index in [0.29, 0.717) is 0 Å². The molecule has 1 heterocycles. The Morgan fingerprint density at radius 3 is 2.04 bits per heavy atom. The molecule has 27 heavy (non-hydrogen) atoms. The van der Waals surface area contributed by atoms with Crippen LogP contribution < -0.4 is 5.43 Å². The molecule has 0 radical (unpaired) electrons. The van der Waals surface area contributed by atoms with Gasteiger partial charge in [0.25, 0.3) is 0 Å². The number of hydrogen-bond donors (Lipinski definition) is 1. The first kappa shape index (κ1) is 17.2. The number of aromatic nitrogens is 1. The SMILES string of the molecule is C/C(=N\Nc1nc(-c2ccccc2)cs1)c1ccc(-c2ccccc2)cc1. The molecule has 0 fully saturated rings. The molecular formula is C23H19N3S. The van der Waals surface area contributed by atoms with Crippen LogP contribution in [0.1, 0.15) is 12.5 Å². The second kappa shape index (κ2) is 7.98. The molecule has 1 N–H and O–H groups in total. The summed E-state index contributed by atoms with van der Waals surface area (Å²) in [6.07, 6.45) is 0. The predicted octanol–water partition coefficient (Wildman–Crippen LogP) is 6.31. The Labute approximate surface area is 163 Å². The lowest BCUT2D eigenvalue weighted by Gasteiger charge is -2.05. The van der Waals surface area contributed by atoms with Crippen LogP contribution in [-0.4, -0.2) is 10.7 Å². The minimum Gasteiger partial charge on any atom is -0.252 e. The van der Waals surface area contributed by atoms with Crippen molar-refractivity contribution in [2.75, 3.05) is 5.43 Å². The van der Waals surface area contributed by atoms with E-state index in [9.17, 15) is 0 Å². The molecule has 0 saturated heterocycles. The monoisotopic (exact) mass is 369 g/mol. The molecule has 0 bridgehead atoms. The maximum absolute atomic E-state index is 4.60. The van der Waals surface area contributed by atoms with Crippen LogP contribution in [0.15, 0.2) is 95.4 Å². The van der Waals surface area contributed by atoms with Crippen molar-refractivity contribution in [1.29, 1.82) is 0 Å². The fraction of sp³-hybridized carbons (Fsp3) is 0.0435. The Balaban J connectivity index is 1.46. The quantitative estimate of drug-likeness (QED) is 0.330. The summed E-state index contributed by atoms with van der Waals surface area (Å²) in [7, 11) is 0. The molecule has 0 aliphatic rings. The summed E-state index contributed by atoms with van der Waals surface area (Å²) in [6.45, 7) is 2.00. The van der Waals surface area contributed by atoms with Gasteiger partial charge in [-0.1, -0.05) is 84.9 Å². The highest BCUT2D eigenvalue weighted by molar-refractivity contribution is 7.14. The molecule has 3 aromatic carbocycles. The molecule has 0 unspecified atom stereocenters. The number of hydrogen-bond acceptors (Lipinski definition) is 4. The van der Waals surface area contributed by atoms with Crippen molar-refractivity contribution >= 4 is 22.2 Å². The van der Waals surface area contributed by atoms with Crippen molar-refractivity contribution in [2.45, 2.75) is 6.92 Å². The van der Waals surface area contributed by atoms with Gasteiger partial charge >= 0.3 is 0 Å². The number of rotatable bonds is 5. The highest BCUT2D eigenvalue weighted by Crippen LogP contribution is 2.25. The van der Waals surface area contributed by atoms with E-state index in [4.69, 9.17) is 0 Å². The second-order valence-corrected chi connectivity index (χ2v) is 7.01. The molecule has 4 aromatic rings. The summed E-state index contributed by atoms with van der Waals surface area (Å²) in [5, 5.41) is 7.31. The van der Waals surface area contributed by atoms with Crippen molar-refractivity contribution in [1.82, 2.24) is 4.98 Å². The van der Waals surface area contributed by atoms with Gasteiger partial charge in [-0.3, -0.25) is 5.43 Å². The highest BCUT2D eigenvalue weighted by Gasteiger charge is 2.04. The summed E-state index contributed by atoms with van der Waals surface area (Å²) < 4.78 is 0. The fourth-order valence-electron chi connectivity index (χ4n) is 2.80. The summed E-state index contributed by atoms with van der Waals surface area (Å²) in [5.41, 5.74) is 9.57. The number of benzene rings is 3. The minimum atomic E-state index is 0.786. The Morgan fingerprint density at radius 1 is 0.778 bits per heavy atom. The van der Waals surface area contributed by atoms with Crippen LogP contribution >= 0.6 is 11.3 Å². The third-order valence-corrected chi connectivity index (χ3v) is 5.05. The third kappa shape index (κ3) is 4.13. The smallest absolute Gasteiger partial charge is 0.203 e. The number of nitrogens with zero attached hydrogens (tertiary/aromatic N) is 2. The normalized spacial score (nSPS) is 11.4. The molecule has 0 amide bonds. The first-order valence-corrected chi connectivity index (χ1v) is 9.65. The summed E-state index contributed by atoms with van der Waals surface area (Å²) >= 11 is 1.55. The van der Waals surface area contributed by atoms with Gasteiger partial charge in [0.15, 0.2) is 0 Å². The van der Waals surface area contributed by atoms with E-state index >= 15 is 0 Å². The minimum absolute atomic E-state index is 0.786. The lowest BCUT2D eigenvalue weighted by Crippen LogP contribution is -1.99. The zero-order chi connectivity index (χ0) is 18.5. The standard InChI is InChI=1S/C23H19N3S/c1-17(18-12-14-20(15-13-18)19-8-4-2-5-9-19)25-26-23-24-22(16-27-23)21-10-6-3-7-11-21/h2-16H,1H3,(H,24,26)/b25-17+. The van der Waals surface area contributed by atoms with E-state index in [1.165, 1.54) is 11.1 Å². The first-order chi connectivity index (χ1) is 13.3. The molecule has 0 atom stereocenters. The average Bonchev–Trinajstić information content (AvgIpc) is 3.22. The van der Waals surface area contributed by atoms with Gasteiger partial charge in [0.1, 0.15) is 0 Å². The molecular weight excluding hydrogens is 350 g/mol. The van der Waals surface area contributed by atoms with Crippen molar-refractivity contribution in [3.63, 3.8) is 0 Å². The van der Waals surface area contributed by atoms with E-state index < -0.39 is 0 Å². The Hall–Kier alpha value is -3.24. The first-order valence-electron chi connectivity index (χ1n) is 8.77.